The number of hydrogen-bond acceptors (Lipinski definition) is 2. The van der Waals surface area contributed by atoms with Gasteiger partial charge in [-0.15, -0.1) is 0 Å². The van der Waals surface area contributed by atoms with Gasteiger partial charge in [0.2, 0.25) is 0 Å². The molecule has 1 aliphatic rings. The molecule has 16 heavy (non-hydrogen) atoms. The molecular weight excluding hydrogens is 229 g/mol. The van der Waals surface area contributed by atoms with Gasteiger partial charge in [0.25, 0.3) is 0 Å². The van der Waals surface area contributed by atoms with Gasteiger partial charge in [0.15, 0.2) is 0 Å². The maximum atomic E-state index is 13.5. The third-order valence-electron chi connectivity index (χ3n) is 3.16. The first-order valence-corrected chi connectivity index (χ1v) is 5.78. The highest BCUT2D eigenvalue weighted by atomic mass is 35.5. The van der Waals surface area contributed by atoms with Gasteiger partial charge in [0.1, 0.15) is 5.82 Å². The van der Waals surface area contributed by atoms with Crippen molar-refractivity contribution in [3.05, 3.63) is 34.6 Å². The molecule has 1 fully saturated rings. The third-order valence-corrected chi connectivity index (χ3v) is 3.39. The van der Waals surface area contributed by atoms with Crippen molar-refractivity contribution in [2.24, 2.45) is 5.73 Å². The van der Waals surface area contributed by atoms with Crippen molar-refractivity contribution in [3.63, 3.8) is 0 Å². The fourth-order valence-electron chi connectivity index (χ4n) is 2.33. The van der Waals surface area contributed by atoms with E-state index in [1.54, 1.807) is 12.1 Å². The predicted octanol–water partition coefficient (Wildman–Crippen LogP) is 2.26. The van der Waals surface area contributed by atoms with E-state index < -0.39 is 5.60 Å². The highest BCUT2D eigenvalue weighted by Gasteiger charge is 2.36. The summed E-state index contributed by atoms with van der Waals surface area (Å²) in [4.78, 5) is 0. The van der Waals surface area contributed by atoms with E-state index in [1.165, 1.54) is 6.07 Å². The molecule has 2 rings (SSSR count). The molecule has 1 saturated carbocycles. The summed E-state index contributed by atoms with van der Waals surface area (Å²) >= 11 is 5.67. The van der Waals surface area contributed by atoms with Gasteiger partial charge in [-0.25, -0.2) is 4.39 Å². The van der Waals surface area contributed by atoms with E-state index in [4.69, 9.17) is 17.3 Å². The smallest absolute Gasteiger partial charge is 0.127 e. The lowest BCUT2D eigenvalue weighted by molar-refractivity contribution is 0.0460. The second-order valence-corrected chi connectivity index (χ2v) is 5.08. The van der Waals surface area contributed by atoms with Gasteiger partial charge in [0.05, 0.1) is 5.60 Å². The van der Waals surface area contributed by atoms with Crippen molar-refractivity contribution in [1.29, 1.82) is 0 Å². The van der Waals surface area contributed by atoms with Crippen LogP contribution in [0.3, 0.4) is 0 Å². The second-order valence-electron chi connectivity index (χ2n) is 4.64. The van der Waals surface area contributed by atoms with E-state index in [-0.39, 0.29) is 11.9 Å². The maximum absolute atomic E-state index is 13.5. The Labute approximate surface area is 99.2 Å². The van der Waals surface area contributed by atoms with E-state index >= 15 is 0 Å². The number of halogens is 2. The molecule has 0 aromatic heterocycles. The lowest BCUT2D eigenvalue weighted by Crippen LogP contribution is -2.30. The van der Waals surface area contributed by atoms with E-state index in [9.17, 15) is 9.50 Å². The molecule has 1 aromatic rings. The Hall–Kier alpha value is -0.640. The fourth-order valence-corrected chi connectivity index (χ4v) is 2.49. The Morgan fingerprint density at radius 3 is 2.88 bits per heavy atom. The normalized spacial score (nSPS) is 29.6. The summed E-state index contributed by atoms with van der Waals surface area (Å²) < 4.78 is 13.5. The first kappa shape index (κ1) is 11.8. The minimum atomic E-state index is -0.853. The van der Waals surface area contributed by atoms with E-state index in [1.807, 2.05) is 0 Å². The largest absolute Gasteiger partial charge is 0.389 e. The van der Waals surface area contributed by atoms with Crippen molar-refractivity contribution in [3.8, 4) is 0 Å². The molecule has 4 heteroatoms. The zero-order chi connectivity index (χ0) is 11.8. The molecule has 2 unspecified atom stereocenters. The second kappa shape index (κ2) is 4.32. The predicted molar refractivity (Wildman–Crippen MR) is 61.9 cm³/mol. The van der Waals surface area contributed by atoms with Crippen molar-refractivity contribution in [1.82, 2.24) is 0 Å². The van der Waals surface area contributed by atoms with Gasteiger partial charge in [-0.2, -0.15) is 0 Å². The minimum Gasteiger partial charge on any atom is -0.389 e. The van der Waals surface area contributed by atoms with E-state index in [2.05, 4.69) is 0 Å². The fraction of sp³-hybridized carbons (Fsp3) is 0.500. The average molecular weight is 244 g/mol. The third kappa shape index (κ3) is 2.54. The summed E-state index contributed by atoms with van der Waals surface area (Å²) in [6.45, 7) is 0. The van der Waals surface area contributed by atoms with Crippen LogP contribution in [-0.4, -0.2) is 16.7 Å². The van der Waals surface area contributed by atoms with Crippen molar-refractivity contribution < 1.29 is 9.50 Å². The molecule has 0 aliphatic heterocycles. The van der Waals surface area contributed by atoms with Crippen LogP contribution in [0.15, 0.2) is 18.2 Å². The first-order valence-electron chi connectivity index (χ1n) is 5.40. The molecule has 1 aliphatic carbocycles. The van der Waals surface area contributed by atoms with Crippen molar-refractivity contribution in [2.45, 2.75) is 37.3 Å². The summed E-state index contributed by atoms with van der Waals surface area (Å²) in [5.41, 5.74) is 5.40. The van der Waals surface area contributed by atoms with Gasteiger partial charge < -0.3 is 10.8 Å². The lowest BCUT2D eigenvalue weighted by atomic mass is 9.92. The SMILES string of the molecule is NC1CCC(O)(Cc2ccc(Cl)cc2F)C1. The summed E-state index contributed by atoms with van der Waals surface area (Å²) in [5.74, 6) is -0.360. The Bertz CT molecular complexity index is 399. The molecule has 88 valence electrons. The Balaban J connectivity index is 2.14. The Kier molecular flexibility index (Phi) is 3.19. The molecule has 2 nitrogen and oxygen atoms in total. The van der Waals surface area contributed by atoms with Gasteiger partial charge in [0, 0.05) is 17.5 Å². The molecule has 3 N–H and O–H groups in total. The van der Waals surface area contributed by atoms with Crippen molar-refractivity contribution >= 4 is 11.6 Å². The van der Waals surface area contributed by atoms with E-state index in [0.29, 0.717) is 29.8 Å². The van der Waals surface area contributed by atoms with Crippen LogP contribution in [0.5, 0.6) is 0 Å². The van der Waals surface area contributed by atoms with Crippen LogP contribution in [0.2, 0.25) is 5.02 Å². The van der Waals surface area contributed by atoms with Crippen LogP contribution in [0, 0.1) is 5.82 Å². The molecular formula is C12H15ClFNO. The maximum Gasteiger partial charge on any atom is 0.127 e. The monoisotopic (exact) mass is 243 g/mol. The van der Waals surface area contributed by atoms with Crippen LogP contribution in [0.1, 0.15) is 24.8 Å². The van der Waals surface area contributed by atoms with Crippen LogP contribution in [0.25, 0.3) is 0 Å². The number of rotatable bonds is 2. The molecule has 0 amide bonds. The number of nitrogens with two attached hydrogens (primary N) is 1. The number of aliphatic hydroxyl groups is 1. The highest BCUT2D eigenvalue weighted by Crippen LogP contribution is 2.32. The number of hydrogen-bond donors (Lipinski definition) is 2. The van der Waals surface area contributed by atoms with Crippen LogP contribution in [-0.2, 0) is 6.42 Å². The van der Waals surface area contributed by atoms with Gasteiger partial charge in [-0.1, -0.05) is 17.7 Å². The standard InChI is InChI=1S/C12H15ClFNO/c13-9-2-1-8(11(14)5-9)6-12(16)4-3-10(15)7-12/h1-2,5,10,16H,3-4,6-7,15H2. The van der Waals surface area contributed by atoms with Gasteiger partial charge in [-0.05, 0) is 37.0 Å². The summed E-state index contributed by atoms with van der Waals surface area (Å²) in [6, 6.07) is 4.56. The molecule has 0 radical (unpaired) electrons. The molecule has 0 bridgehead atoms. The molecule has 0 heterocycles. The van der Waals surface area contributed by atoms with Gasteiger partial charge >= 0.3 is 0 Å². The molecule has 2 atom stereocenters. The highest BCUT2D eigenvalue weighted by molar-refractivity contribution is 6.30. The van der Waals surface area contributed by atoms with E-state index in [0.717, 1.165) is 6.42 Å². The molecule has 0 spiro atoms. The van der Waals surface area contributed by atoms with Crippen LogP contribution >= 0.6 is 11.6 Å². The summed E-state index contributed by atoms with van der Waals surface area (Å²) in [6.07, 6.45) is 2.28. The lowest BCUT2D eigenvalue weighted by Gasteiger charge is -2.22. The average Bonchev–Trinajstić information content (AvgIpc) is 2.52. The number of benzene rings is 1. The van der Waals surface area contributed by atoms with Crippen molar-refractivity contribution in [2.75, 3.05) is 0 Å². The topological polar surface area (TPSA) is 46.2 Å². The molecule has 0 saturated heterocycles. The Morgan fingerprint density at radius 1 is 1.56 bits per heavy atom. The van der Waals surface area contributed by atoms with Crippen LogP contribution in [0.4, 0.5) is 4.39 Å². The molecule has 1 aromatic carbocycles. The minimum absolute atomic E-state index is 0.0281. The quantitative estimate of drug-likeness (QED) is 0.837. The van der Waals surface area contributed by atoms with Gasteiger partial charge in [-0.3, -0.25) is 0 Å². The Morgan fingerprint density at radius 2 is 2.31 bits per heavy atom. The zero-order valence-electron chi connectivity index (χ0n) is 8.92. The van der Waals surface area contributed by atoms with Crippen LogP contribution < -0.4 is 5.73 Å². The summed E-state index contributed by atoms with van der Waals surface area (Å²) in [5, 5.41) is 10.6. The zero-order valence-corrected chi connectivity index (χ0v) is 9.67. The summed E-state index contributed by atoms with van der Waals surface area (Å²) in [7, 11) is 0. The first-order chi connectivity index (χ1) is 7.48.